The fourth-order valence-corrected chi connectivity index (χ4v) is 2.55. The summed E-state index contributed by atoms with van der Waals surface area (Å²) in [6.07, 6.45) is 3.52. The van der Waals surface area contributed by atoms with Crippen LogP contribution in [-0.2, 0) is 13.0 Å². The maximum atomic E-state index is 5.31. The smallest absolute Gasteiger partial charge is 0.195 e. The zero-order valence-electron chi connectivity index (χ0n) is 10.5. The van der Waals surface area contributed by atoms with Gasteiger partial charge < -0.3 is 4.57 Å². The van der Waals surface area contributed by atoms with Gasteiger partial charge in [0.15, 0.2) is 4.77 Å². The molecule has 3 nitrogen and oxygen atoms in total. The van der Waals surface area contributed by atoms with Crippen molar-refractivity contribution >= 4 is 12.2 Å². The van der Waals surface area contributed by atoms with E-state index in [4.69, 9.17) is 12.2 Å². The highest BCUT2D eigenvalue weighted by Gasteiger charge is 2.28. The number of aromatic amines is 1. The molecule has 1 aliphatic rings. The summed E-state index contributed by atoms with van der Waals surface area (Å²) in [6.45, 7) is 3.08. The van der Waals surface area contributed by atoms with E-state index in [0.29, 0.717) is 5.92 Å². The first-order chi connectivity index (χ1) is 8.75. The van der Waals surface area contributed by atoms with Gasteiger partial charge >= 0.3 is 0 Å². The molecule has 94 valence electrons. The molecule has 1 aromatic carbocycles. The number of aromatic nitrogens is 3. The van der Waals surface area contributed by atoms with Crippen LogP contribution in [0.15, 0.2) is 24.3 Å². The molecular formula is C14H17N3S. The van der Waals surface area contributed by atoms with Gasteiger partial charge in [0.2, 0.25) is 0 Å². The number of hydrogen-bond donors (Lipinski definition) is 1. The summed E-state index contributed by atoms with van der Waals surface area (Å²) in [6, 6.07) is 8.53. The van der Waals surface area contributed by atoms with E-state index in [-0.39, 0.29) is 0 Å². The van der Waals surface area contributed by atoms with Crippen LogP contribution in [0.5, 0.6) is 0 Å². The number of H-pyrrole nitrogens is 1. The number of benzene rings is 1. The molecule has 0 amide bonds. The largest absolute Gasteiger partial charge is 0.304 e. The van der Waals surface area contributed by atoms with Crippen molar-refractivity contribution in [3.63, 3.8) is 0 Å². The number of rotatable bonds is 4. The van der Waals surface area contributed by atoms with Gasteiger partial charge in [-0.15, -0.1) is 0 Å². The average molecular weight is 259 g/mol. The van der Waals surface area contributed by atoms with E-state index < -0.39 is 0 Å². The Balaban J connectivity index is 1.79. The zero-order valence-corrected chi connectivity index (χ0v) is 11.3. The lowest BCUT2D eigenvalue weighted by molar-refractivity contribution is 0.644. The lowest BCUT2D eigenvalue weighted by Crippen LogP contribution is -2.06. The fourth-order valence-electron chi connectivity index (χ4n) is 2.32. The fraction of sp³-hybridized carbons (Fsp3) is 0.429. The van der Waals surface area contributed by atoms with Crippen LogP contribution in [0.1, 0.15) is 35.7 Å². The average Bonchev–Trinajstić information content (AvgIpc) is 3.14. The van der Waals surface area contributed by atoms with Crippen LogP contribution in [0.2, 0.25) is 0 Å². The molecule has 0 aliphatic heterocycles. The predicted molar refractivity (Wildman–Crippen MR) is 74.3 cm³/mol. The van der Waals surface area contributed by atoms with Crippen LogP contribution in [0, 0.1) is 11.7 Å². The lowest BCUT2D eigenvalue weighted by Gasteiger charge is -2.08. The minimum atomic E-state index is 0.634. The number of aryl methyl sites for hydroxylation is 2. The van der Waals surface area contributed by atoms with E-state index in [1.54, 1.807) is 0 Å². The number of nitrogens with one attached hydrogen (secondary N) is 1. The second-order valence-electron chi connectivity index (χ2n) is 4.99. The SMILES string of the molecule is Cc1ccccc1CCn1c(C2CC2)n[nH]c1=S. The molecule has 1 fully saturated rings. The summed E-state index contributed by atoms with van der Waals surface area (Å²) in [5.74, 6) is 1.78. The lowest BCUT2D eigenvalue weighted by atomic mass is 10.1. The Morgan fingerprint density at radius 2 is 2.17 bits per heavy atom. The molecular weight excluding hydrogens is 242 g/mol. The van der Waals surface area contributed by atoms with Crippen molar-refractivity contribution in [2.24, 2.45) is 0 Å². The summed E-state index contributed by atoms with van der Waals surface area (Å²) in [5.41, 5.74) is 2.74. The summed E-state index contributed by atoms with van der Waals surface area (Å²) < 4.78 is 2.92. The van der Waals surface area contributed by atoms with Crippen LogP contribution in [0.25, 0.3) is 0 Å². The molecule has 0 bridgehead atoms. The van der Waals surface area contributed by atoms with E-state index >= 15 is 0 Å². The van der Waals surface area contributed by atoms with E-state index in [1.807, 2.05) is 0 Å². The molecule has 4 heteroatoms. The minimum Gasteiger partial charge on any atom is -0.304 e. The molecule has 3 rings (SSSR count). The molecule has 0 saturated heterocycles. The standard InChI is InChI=1S/C14H17N3S/c1-10-4-2-3-5-11(10)8-9-17-13(12-6-7-12)15-16-14(17)18/h2-5,12H,6-9H2,1H3,(H,16,18). The maximum Gasteiger partial charge on any atom is 0.195 e. The Labute approximate surface area is 112 Å². The monoisotopic (exact) mass is 259 g/mol. The van der Waals surface area contributed by atoms with Gasteiger partial charge in [-0.3, -0.25) is 5.10 Å². The van der Waals surface area contributed by atoms with Crippen molar-refractivity contribution in [1.29, 1.82) is 0 Å². The van der Waals surface area contributed by atoms with Gasteiger partial charge in [0.25, 0.3) is 0 Å². The normalized spacial score (nSPS) is 14.9. The molecule has 0 radical (unpaired) electrons. The summed E-state index contributed by atoms with van der Waals surface area (Å²) in [4.78, 5) is 0. The van der Waals surface area contributed by atoms with Gasteiger partial charge in [0, 0.05) is 12.5 Å². The topological polar surface area (TPSA) is 33.6 Å². The first kappa shape index (κ1) is 11.7. The first-order valence-electron chi connectivity index (χ1n) is 6.45. The van der Waals surface area contributed by atoms with Gasteiger partial charge in [-0.2, -0.15) is 5.10 Å². The van der Waals surface area contributed by atoms with Gasteiger partial charge in [0.1, 0.15) is 5.82 Å². The minimum absolute atomic E-state index is 0.634. The van der Waals surface area contributed by atoms with E-state index in [0.717, 1.165) is 23.6 Å². The summed E-state index contributed by atoms with van der Waals surface area (Å²) >= 11 is 5.31. The molecule has 0 spiro atoms. The molecule has 1 aliphatic carbocycles. The van der Waals surface area contributed by atoms with Crippen molar-refractivity contribution < 1.29 is 0 Å². The van der Waals surface area contributed by atoms with Crippen LogP contribution in [-0.4, -0.2) is 14.8 Å². The van der Waals surface area contributed by atoms with E-state index in [9.17, 15) is 0 Å². The number of nitrogens with zero attached hydrogens (tertiary/aromatic N) is 2. The summed E-state index contributed by atoms with van der Waals surface area (Å²) in [7, 11) is 0. The number of hydrogen-bond acceptors (Lipinski definition) is 2. The molecule has 1 aromatic heterocycles. The van der Waals surface area contributed by atoms with Crippen molar-refractivity contribution in [2.75, 3.05) is 0 Å². The molecule has 1 heterocycles. The van der Waals surface area contributed by atoms with Crippen molar-refractivity contribution in [3.8, 4) is 0 Å². The maximum absolute atomic E-state index is 5.31. The Kier molecular flexibility index (Phi) is 3.04. The van der Waals surface area contributed by atoms with Crippen molar-refractivity contribution in [1.82, 2.24) is 14.8 Å². The van der Waals surface area contributed by atoms with Crippen LogP contribution in [0.4, 0.5) is 0 Å². The van der Waals surface area contributed by atoms with Crippen LogP contribution < -0.4 is 0 Å². The zero-order chi connectivity index (χ0) is 12.5. The Morgan fingerprint density at radius 3 is 2.89 bits per heavy atom. The van der Waals surface area contributed by atoms with Gasteiger partial charge in [0.05, 0.1) is 0 Å². The third kappa shape index (κ3) is 2.25. The quantitative estimate of drug-likeness (QED) is 0.854. The van der Waals surface area contributed by atoms with Crippen LogP contribution in [0.3, 0.4) is 0 Å². The van der Waals surface area contributed by atoms with Crippen molar-refractivity contribution in [2.45, 2.75) is 38.6 Å². The molecule has 18 heavy (non-hydrogen) atoms. The third-order valence-corrected chi connectivity index (χ3v) is 3.91. The second-order valence-corrected chi connectivity index (χ2v) is 5.38. The molecule has 2 aromatic rings. The highest BCUT2D eigenvalue weighted by molar-refractivity contribution is 7.71. The molecule has 0 atom stereocenters. The molecule has 1 N–H and O–H groups in total. The Bertz CT molecular complexity index is 607. The van der Waals surface area contributed by atoms with Gasteiger partial charge in [-0.05, 0) is 49.5 Å². The second kappa shape index (κ2) is 4.69. The highest BCUT2D eigenvalue weighted by atomic mass is 32.1. The first-order valence-corrected chi connectivity index (χ1v) is 6.86. The van der Waals surface area contributed by atoms with Gasteiger partial charge in [-0.1, -0.05) is 24.3 Å². The Morgan fingerprint density at radius 1 is 1.39 bits per heavy atom. The predicted octanol–water partition coefficient (Wildman–Crippen LogP) is 3.37. The molecule has 0 unspecified atom stereocenters. The summed E-state index contributed by atoms with van der Waals surface area (Å²) in [5, 5.41) is 7.28. The van der Waals surface area contributed by atoms with Crippen molar-refractivity contribution in [3.05, 3.63) is 46.0 Å². The van der Waals surface area contributed by atoms with E-state index in [2.05, 4.69) is 46.0 Å². The molecule has 1 saturated carbocycles. The van der Waals surface area contributed by atoms with E-state index in [1.165, 1.54) is 24.0 Å². The Hall–Kier alpha value is -1.42. The van der Waals surface area contributed by atoms with Gasteiger partial charge in [-0.25, -0.2) is 0 Å². The third-order valence-electron chi connectivity index (χ3n) is 3.60. The highest BCUT2D eigenvalue weighted by Crippen LogP contribution is 2.38. The van der Waals surface area contributed by atoms with Crippen LogP contribution >= 0.6 is 12.2 Å².